The first-order chi connectivity index (χ1) is 9.15. The summed E-state index contributed by atoms with van der Waals surface area (Å²) >= 11 is 0. The minimum Gasteiger partial charge on any atom is -0.344 e. The van der Waals surface area contributed by atoms with Crippen LogP contribution in [0.1, 0.15) is 44.0 Å². The molecular formula is C13H20N4O2. The Hall–Kier alpha value is -1.59. The maximum atomic E-state index is 12.2. The Kier molecular flexibility index (Phi) is 3.16. The fraction of sp³-hybridized carbons (Fsp3) is 0.769. The van der Waals surface area contributed by atoms with Crippen molar-refractivity contribution in [3.8, 4) is 0 Å². The van der Waals surface area contributed by atoms with Gasteiger partial charge in [0.1, 0.15) is 6.04 Å². The van der Waals surface area contributed by atoms with E-state index >= 15 is 0 Å². The van der Waals surface area contributed by atoms with Gasteiger partial charge in [0.25, 0.3) is 11.8 Å². The van der Waals surface area contributed by atoms with E-state index in [1.807, 2.05) is 19.0 Å². The van der Waals surface area contributed by atoms with Gasteiger partial charge in [-0.1, -0.05) is 0 Å². The number of nitrogens with zero attached hydrogens (tertiary/aromatic N) is 4. The van der Waals surface area contributed by atoms with Crippen molar-refractivity contribution in [1.82, 2.24) is 15.0 Å². The second-order valence-corrected chi connectivity index (χ2v) is 5.72. The van der Waals surface area contributed by atoms with Crippen LogP contribution < -0.4 is 4.90 Å². The van der Waals surface area contributed by atoms with Crippen LogP contribution in [0.25, 0.3) is 0 Å². The standard InChI is InChI=1S/C13H20N4O2/c1-16(2)13-14-12(19-15-13)10-4-3-7-17(10)11(18)8-9-5-6-9/h9-10H,3-8H2,1-2H3. The summed E-state index contributed by atoms with van der Waals surface area (Å²) in [5.41, 5.74) is 0. The Labute approximate surface area is 112 Å². The van der Waals surface area contributed by atoms with E-state index in [1.54, 1.807) is 4.90 Å². The third-order valence-electron chi connectivity index (χ3n) is 3.85. The van der Waals surface area contributed by atoms with Crippen LogP contribution in [0.15, 0.2) is 4.52 Å². The SMILES string of the molecule is CN(C)c1noc(C2CCCN2C(=O)CC2CC2)n1. The number of carbonyl (C=O) groups is 1. The molecule has 0 spiro atoms. The Morgan fingerprint density at radius 1 is 1.42 bits per heavy atom. The summed E-state index contributed by atoms with van der Waals surface area (Å²) in [6.07, 6.45) is 5.03. The van der Waals surface area contributed by atoms with E-state index in [0.717, 1.165) is 19.4 Å². The van der Waals surface area contributed by atoms with Crippen molar-refractivity contribution in [3.63, 3.8) is 0 Å². The topological polar surface area (TPSA) is 62.5 Å². The summed E-state index contributed by atoms with van der Waals surface area (Å²) < 4.78 is 5.31. The van der Waals surface area contributed by atoms with Gasteiger partial charge in [-0.2, -0.15) is 4.98 Å². The molecule has 0 aromatic carbocycles. The largest absolute Gasteiger partial charge is 0.344 e. The summed E-state index contributed by atoms with van der Waals surface area (Å²) in [4.78, 5) is 20.3. The van der Waals surface area contributed by atoms with Crippen LogP contribution in [-0.4, -0.2) is 41.6 Å². The average molecular weight is 264 g/mol. The van der Waals surface area contributed by atoms with Crippen LogP contribution in [0.4, 0.5) is 5.95 Å². The molecule has 1 saturated carbocycles. The van der Waals surface area contributed by atoms with Gasteiger partial charge in [0.2, 0.25) is 5.91 Å². The van der Waals surface area contributed by atoms with E-state index in [4.69, 9.17) is 4.52 Å². The van der Waals surface area contributed by atoms with Crippen molar-refractivity contribution in [2.24, 2.45) is 5.92 Å². The molecule has 1 aromatic rings. The van der Waals surface area contributed by atoms with Gasteiger partial charge in [-0.3, -0.25) is 4.79 Å². The lowest BCUT2D eigenvalue weighted by Crippen LogP contribution is -2.30. The van der Waals surface area contributed by atoms with Crippen LogP contribution >= 0.6 is 0 Å². The smallest absolute Gasteiger partial charge is 0.265 e. The van der Waals surface area contributed by atoms with Crippen molar-refractivity contribution in [2.75, 3.05) is 25.5 Å². The highest BCUT2D eigenvalue weighted by molar-refractivity contribution is 5.77. The Balaban J connectivity index is 1.72. The van der Waals surface area contributed by atoms with Crippen molar-refractivity contribution in [3.05, 3.63) is 5.89 Å². The molecule has 6 nitrogen and oxygen atoms in total. The zero-order valence-corrected chi connectivity index (χ0v) is 11.5. The minimum absolute atomic E-state index is 0.0209. The first-order valence-corrected chi connectivity index (χ1v) is 6.95. The zero-order valence-electron chi connectivity index (χ0n) is 11.5. The van der Waals surface area contributed by atoms with E-state index in [-0.39, 0.29) is 11.9 Å². The molecule has 1 aromatic heterocycles. The van der Waals surface area contributed by atoms with E-state index in [1.165, 1.54) is 12.8 Å². The number of hydrogen-bond acceptors (Lipinski definition) is 5. The minimum atomic E-state index is -0.0209. The van der Waals surface area contributed by atoms with Gasteiger partial charge < -0.3 is 14.3 Å². The second-order valence-electron chi connectivity index (χ2n) is 5.72. The highest BCUT2D eigenvalue weighted by Gasteiger charge is 2.36. The molecule has 0 N–H and O–H groups in total. The van der Waals surface area contributed by atoms with Crippen molar-refractivity contribution < 1.29 is 9.32 Å². The average Bonchev–Trinajstić information content (AvgIpc) is 2.92. The number of carbonyl (C=O) groups excluding carboxylic acids is 1. The maximum Gasteiger partial charge on any atom is 0.265 e. The van der Waals surface area contributed by atoms with Gasteiger partial charge in [-0.25, -0.2) is 0 Å². The molecule has 19 heavy (non-hydrogen) atoms. The summed E-state index contributed by atoms with van der Waals surface area (Å²) in [6, 6.07) is -0.0209. The van der Waals surface area contributed by atoms with Gasteiger partial charge in [-0.05, 0) is 36.8 Å². The van der Waals surface area contributed by atoms with Crippen molar-refractivity contribution in [2.45, 2.75) is 38.1 Å². The summed E-state index contributed by atoms with van der Waals surface area (Å²) in [7, 11) is 3.75. The van der Waals surface area contributed by atoms with Gasteiger partial charge >= 0.3 is 0 Å². The zero-order chi connectivity index (χ0) is 13.4. The van der Waals surface area contributed by atoms with E-state index < -0.39 is 0 Å². The Morgan fingerprint density at radius 2 is 2.21 bits per heavy atom. The van der Waals surface area contributed by atoms with E-state index in [2.05, 4.69) is 10.1 Å². The van der Waals surface area contributed by atoms with Crippen LogP contribution in [0.2, 0.25) is 0 Å². The van der Waals surface area contributed by atoms with Gasteiger partial charge in [0.15, 0.2) is 0 Å². The van der Waals surface area contributed by atoms with Gasteiger partial charge in [0.05, 0.1) is 0 Å². The molecular weight excluding hydrogens is 244 g/mol. The molecule has 0 bridgehead atoms. The number of rotatable bonds is 4. The van der Waals surface area contributed by atoms with E-state index in [0.29, 0.717) is 24.2 Å². The lowest BCUT2D eigenvalue weighted by Gasteiger charge is -2.21. The van der Waals surface area contributed by atoms with Crippen molar-refractivity contribution >= 4 is 11.9 Å². The highest BCUT2D eigenvalue weighted by atomic mass is 16.5. The predicted molar refractivity (Wildman–Crippen MR) is 69.7 cm³/mol. The summed E-state index contributed by atoms with van der Waals surface area (Å²) in [5, 5.41) is 3.93. The molecule has 0 radical (unpaired) electrons. The number of likely N-dealkylation sites (tertiary alicyclic amines) is 1. The second kappa shape index (κ2) is 4.83. The molecule has 1 unspecified atom stereocenters. The lowest BCUT2D eigenvalue weighted by atomic mass is 10.2. The normalized spacial score (nSPS) is 22.8. The fourth-order valence-electron chi connectivity index (χ4n) is 2.55. The number of amides is 1. The lowest BCUT2D eigenvalue weighted by molar-refractivity contribution is -0.132. The molecule has 1 aliphatic heterocycles. The molecule has 1 saturated heterocycles. The highest BCUT2D eigenvalue weighted by Crippen LogP contribution is 2.37. The number of aromatic nitrogens is 2. The Morgan fingerprint density at radius 3 is 2.84 bits per heavy atom. The molecule has 2 aliphatic rings. The molecule has 3 rings (SSSR count). The number of hydrogen-bond donors (Lipinski definition) is 0. The molecule has 104 valence electrons. The van der Waals surface area contributed by atoms with Gasteiger partial charge in [-0.15, -0.1) is 0 Å². The first-order valence-electron chi connectivity index (χ1n) is 6.95. The first kappa shape index (κ1) is 12.4. The molecule has 1 amide bonds. The third-order valence-corrected chi connectivity index (χ3v) is 3.85. The maximum absolute atomic E-state index is 12.2. The van der Waals surface area contributed by atoms with Crippen molar-refractivity contribution in [1.29, 1.82) is 0 Å². The van der Waals surface area contributed by atoms with Gasteiger partial charge in [0, 0.05) is 27.1 Å². The Bertz CT molecular complexity index is 467. The third kappa shape index (κ3) is 2.57. The molecule has 1 aliphatic carbocycles. The van der Waals surface area contributed by atoms with Crippen LogP contribution in [0, 0.1) is 5.92 Å². The summed E-state index contributed by atoms with van der Waals surface area (Å²) in [6.45, 7) is 0.815. The number of anilines is 1. The monoisotopic (exact) mass is 264 g/mol. The van der Waals surface area contributed by atoms with Crippen LogP contribution in [0.3, 0.4) is 0 Å². The molecule has 6 heteroatoms. The molecule has 1 atom stereocenters. The predicted octanol–water partition coefficient (Wildman–Crippen LogP) is 1.60. The van der Waals surface area contributed by atoms with Crippen LogP contribution in [-0.2, 0) is 4.79 Å². The molecule has 2 fully saturated rings. The summed E-state index contributed by atoms with van der Waals surface area (Å²) in [5.74, 6) is 2.00. The van der Waals surface area contributed by atoms with E-state index in [9.17, 15) is 4.79 Å². The molecule has 2 heterocycles. The quantitative estimate of drug-likeness (QED) is 0.826. The van der Waals surface area contributed by atoms with Crippen LogP contribution in [0.5, 0.6) is 0 Å². The fourth-order valence-corrected chi connectivity index (χ4v) is 2.55.